The lowest BCUT2D eigenvalue weighted by Crippen LogP contribution is -2.36. The van der Waals surface area contributed by atoms with Gasteiger partial charge in [-0.05, 0) is 37.1 Å². The van der Waals surface area contributed by atoms with Gasteiger partial charge in [-0.2, -0.15) is 5.10 Å². The molecule has 0 aliphatic rings. The quantitative estimate of drug-likeness (QED) is 0.669. The minimum Gasteiger partial charge on any atom is -0.316 e. The zero-order valence-corrected chi connectivity index (χ0v) is 13.9. The fraction of sp³-hybridized carbons (Fsp3) is 0.875. The Morgan fingerprint density at radius 2 is 1.95 bits per heavy atom. The third-order valence-electron chi connectivity index (χ3n) is 4.19. The van der Waals surface area contributed by atoms with Gasteiger partial charge in [0.05, 0.1) is 0 Å². The minimum absolute atomic E-state index is 0.303. The second-order valence-corrected chi connectivity index (χ2v) is 6.31. The zero-order chi connectivity index (χ0) is 15.0. The molecular formula is C16H32N4. The van der Waals surface area contributed by atoms with Crippen LogP contribution in [0.25, 0.3) is 0 Å². The number of rotatable bonds is 10. The van der Waals surface area contributed by atoms with E-state index in [2.05, 4.69) is 54.7 Å². The molecule has 0 fully saturated rings. The highest BCUT2D eigenvalue weighted by Crippen LogP contribution is 2.29. The van der Waals surface area contributed by atoms with Crippen molar-refractivity contribution < 1.29 is 0 Å². The molecule has 0 unspecified atom stereocenters. The molecule has 116 valence electrons. The third kappa shape index (κ3) is 4.89. The number of hydrogen-bond donors (Lipinski definition) is 1. The molecule has 1 aromatic heterocycles. The predicted octanol–water partition coefficient (Wildman–Crippen LogP) is 3.28. The molecule has 1 heterocycles. The normalized spacial score (nSPS) is 12.3. The standard InChI is InChI=1S/C16H32N4/c1-6-9-17-12-16(7-2,8-3)10-15-18-13-19-20(15)11-14(4)5/h13-14,17H,6-12H2,1-5H3. The van der Waals surface area contributed by atoms with Gasteiger partial charge in [-0.25, -0.2) is 9.67 Å². The van der Waals surface area contributed by atoms with E-state index < -0.39 is 0 Å². The Hall–Kier alpha value is -0.900. The first-order chi connectivity index (χ1) is 9.56. The Labute approximate surface area is 124 Å². The van der Waals surface area contributed by atoms with Gasteiger partial charge in [0, 0.05) is 19.5 Å². The minimum atomic E-state index is 0.303. The monoisotopic (exact) mass is 280 g/mol. The summed E-state index contributed by atoms with van der Waals surface area (Å²) in [5, 5.41) is 7.98. The SMILES string of the molecule is CCCNCC(CC)(CC)Cc1ncnn1CC(C)C. The molecule has 4 heteroatoms. The first-order valence-corrected chi connectivity index (χ1v) is 8.14. The van der Waals surface area contributed by atoms with E-state index in [4.69, 9.17) is 0 Å². The van der Waals surface area contributed by atoms with E-state index in [1.165, 1.54) is 19.3 Å². The maximum atomic E-state index is 4.50. The molecule has 0 aromatic carbocycles. The van der Waals surface area contributed by atoms with E-state index in [-0.39, 0.29) is 0 Å². The molecule has 0 spiro atoms. The Bertz CT molecular complexity index is 366. The van der Waals surface area contributed by atoms with Crippen molar-refractivity contribution in [2.24, 2.45) is 11.3 Å². The lowest BCUT2D eigenvalue weighted by atomic mass is 9.78. The third-order valence-corrected chi connectivity index (χ3v) is 4.19. The Balaban J connectivity index is 2.76. The van der Waals surface area contributed by atoms with Crippen LogP contribution in [0.4, 0.5) is 0 Å². The van der Waals surface area contributed by atoms with Crippen LogP contribution in [0, 0.1) is 11.3 Å². The van der Waals surface area contributed by atoms with Crippen LogP contribution in [-0.4, -0.2) is 27.9 Å². The molecule has 0 amide bonds. The fourth-order valence-corrected chi connectivity index (χ4v) is 2.60. The molecule has 0 saturated carbocycles. The van der Waals surface area contributed by atoms with E-state index in [1.54, 1.807) is 6.33 Å². The smallest absolute Gasteiger partial charge is 0.138 e. The van der Waals surface area contributed by atoms with E-state index in [0.717, 1.165) is 31.9 Å². The molecule has 1 aromatic rings. The van der Waals surface area contributed by atoms with Crippen molar-refractivity contribution in [3.8, 4) is 0 Å². The molecule has 0 radical (unpaired) electrons. The van der Waals surface area contributed by atoms with E-state index in [9.17, 15) is 0 Å². The van der Waals surface area contributed by atoms with Crippen LogP contribution in [-0.2, 0) is 13.0 Å². The van der Waals surface area contributed by atoms with Gasteiger partial charge in [-0.15, -0.1) is 0 Å². The summed E-state index contributed by atoms with van der Waals surface area (Å²) in [7, 11) is 0. The summed E-state index contributed by atoms with van der Waals surface area (Å²) in [6, 6.07) is 0. The van der Waals surface area contributed by atoms with E-state index in [1.807, 2.05) is 0 Å². The average molecular weight is 280 g/mol. The molecule has 1 N–H and O–H groups in total. The maximum Gasteiger partial charge on any atom is 0.138 e. The van der Waals surface area contributed by atoms with Crippen molar-refractivity contribution in [2.75, 3.05) is 13.1 Å². The van der Waals surface area contributed by atoms with Gasteiger partial charge in [-0.3, -0.25) is 0 Å². The van der Waals surface area contributed by atoms with Crippen LogP contribution in [0.1, 0.15) is 59.7 Å². The van der Waals surface area contributed by atoms with Crippen molar-refractivity contribution in [3.05, 3.63) is 12.2 Å². The molecule has 0 saturated heterocycles. The fourth-order valence-electron chi connectivity index (χ4n) is 2.60. The number of nitrogens with zero attached hydrogens (tertiary/aromatic N) is 3. The second-order valence-electron chi connectivity index (χ2n) is 6.31. The molecule has 0 aliphatic carbocycles. The van der Waals surface area contributed by atoms with Crippen molar-refractivity contribution in [3.63, 3.8) is 0 Å². The van der Waals surface area contributed by atoms with Gasteiger partial charge in [0.2, 0.25) is 0 Å². The van der Waals surface area contributed by atoms with Gasteiger partial charge in [0.25, 0.3) is 0 Å². The Morgan fingerprint density at radius 1 is 1.25 bits per heavy atom. The summed E-state index contributed by atoms with van der Waals surface area (Å²) >= 11 is 0. The Morgan fingerprint density at radius 3 is 2.50 bits per heavy atom. The van der Waals surface area contributed by atoms with Crippen LogP contribution in [0.2, 0.25) is 0 Å². The second kappa shape index (κ2) is 8.40. The van der Waals surface area contributed by atoms with Crippen LogP contribution in [0.3, 0.4) is 0 Å². The molecule has 20 heavy (non-hydrogen) atoms. The number of nitrogens with one attached hydrogen (secondary N) is 1. The molecular weight excluding hydrogens is 248 g/mol. The van der Waals surface area contributed by atoms with Crippen molar-refractivity contribution in [2.45, 2.75) is 66.8 Å². The van der Waals surface area contributed by atoms with Crippen molar-refractivity contribution in [1.29, 1.82) is 0 Å². The van der Waals surface area contributed by atoms with Crippen LogP contribution in [0.15, 0.2) is 6.33 Å². The van der Waals surface area contributed by atoms with Crippen LogP contribution in [0.5, 0.6) is 0 Å². The van der Waals surface area contributed by atoms with Crippen LogP contribution >= 0.6 is 0 Å². The topological polar surface area (TPSA) is 42.7 Å². The molecule has 0 aliphatic heterocycles. The summed E-state index contributed by atoms with van der Waals surface area (Å²) in [4.78, 5) is 4.50. The van der Waals surface area contributed by atoms with Gasteiger partial charge >= 0.3 is 0 Å². The highest BCUT2D eigenvalue weighted by molar-refractivity contribution is 4.94. The first-order valence-electron chi connectivity index (χ1n) is 8.14. The molecule has 4 nitrogen and oxygen atoms in total. The zero-order valence-electron chi connectivity index (χ0n) is 13.9. The summed E-state index contributed by atoms with van der Waals surface area (Å²) in [5.74, 6) is 1.74. The molecule has 0 atom stereocenters. The highest BCUT2D eigenvalue weighted by atomic mass is 15.3. The predicted molar refractivity (Wildman–Crippen MR) is 84.7 cm³/mol. The van der Waals surface area contributed by atoms with Crippen molar-refractivity contribution in [1.82, 2.24) is 20.1 Å². The lowest BCUT2D eigenvalue weighted by Gasteiger charge is -2.32. The first kappa shape index (κ1) is 17.2. The van der Waals surface area contributed by atoms with E-state index in [0.29, 0.717) is 11.3 Å². The largest absolute Gasteiger partial charge is 0.316 e. The summed E-state index contributed by atoms with van der Waals surface area (Å²) in [6.07, 6.45) is 6.26. The van der Waals surface area contributed by atoms with Gasteiger partial charge < -0.3 is 5.32 Å². The number of hydrogen-bond acceptors (Lipinski definition) is 3. The Kier molecular flexibility index (Phi) is 7.20. The maximum absolute atomic E-state index is 4.50. The highest BCUT2D eigenvalue weighted by Gasteiger charge is 2.28. The van der Waals surface area contributed by atoms with Gasteiger partial charge in [-0.1, -0.05) is 34.6 Å². The average Bonchev–Trinajstić information content (AvgIpc) is 2.84. The summed E-state index contributed by atoms with van der Waals surface area (Å²) < 4.78 is 2.09. The summed E-state index contributed by atoms with van der Waals surface area (Å²) in [6.45, 7) is 14.4. The van der Waals surface area contributed by atoms with Gasteiger partial charge in [0.15, 0.2) is 0 Å². The summed E-state index contributed by atoms with van der Waals surface area (Å²) in [5.41, 5.74) is 0.303. The van der Waals surface area contributed by atoms with Crippen molar-refractivity contribution >= 4 is 0 Å². The van der Waals surface area contributed by atoms with Crippen LogP contribution < -0.4 is 5.32 Å². The van der Waals surface area contributed by atoms with Gasteiger partial charge in [0.1, 0.15) is 12.2 Å². The molecule has 0 bridgehead atoms. The lowest BCUT2D eigenvalue weighted by molar-refractivity contribution is 0.236. The number of aromatic nitrogens is 3. The molecule has 1 rings (SSSR count). The van der Waals surface area contributed by atoms with E-state index >= 15 is 0 Å².